The van der Waals surface area contributed by atoms with Crippen molar-refractivity contribution >= 4 is 12.0 Å². The Bertz CT molecular complexity index is 802. The van der Waals surface area contributed by atoms with Crippen LogP contribution >= 0.6 is 0 Å². The topological polar surface area (TPSA) is 20.3 Å². The van der Waals surface area contributed by atoms with E-state index in [9.17, 15) is 4.79 Å². The van der Waals surface area contributed by atoms with Gasteiger partial charge in [-0.25, -0.2) is 0 Å². The third-order valence-corrected chi connectivity index (χ3v) is 4.38. The van der Waals surface area contributed by atoms with E-state index in [0.717, 1.165) is 16.7 Å². The first kappa shape index (κ1) is 17.7. The molecule has 0 atom stereocenters. The number of carbonyl (C=O) groups is 1. The standard InChI is InChI=1S/C24H23NO/c1-2-25(23(26)19-18-20-12-6-3-7-13-20)24(21-14-8-4-9-15-21)22-16-10-5-11-17-22/h3-19,24H,2H2,1H3/b19-18+. The van der Waals surface area contributed by atoms with Crippen LogP contribution in [0.25, 0.3) is 6.08 Å². The van der Waals surface area contributed by atoms with Crippen molar-refractivity contribution in [3.63, 3.8) is 0 Å². The van der Waals surface area contributed by atoms with Crippen LogP contribution in [0.4, 0.5) is 0 Å². The summed E-state index contributed by atoms with van der Waals surface area (Å²) in [4.78, 5) is 14.9. The van der Waals surface area contributed by atoms with Crippen LogP contribution in [0, 0.1) is 0 Å². The second-order valence-electron chi connectivity index (χ2n) is 6.09. The van der Waals surface area contributed by atoms with Gasteiger partial charge in [0.15, 0.2) is 0 Å². The second kappa shape index (κ2) is 8.82. The molecule has 0 unspecified atom stereocenters. The molecule has 0 saturated heterocycles. The molecule has 0 spiro atoms. The molecule has 0 N–H and O–H groups in total. The Morgan fingerprint density at radius 1 is 0.808 bits per heavy atom. The fourth-order valence-corrected chi connectivity index (χ4v) is 3.12. The van der Waals surface area contributed by atoms with Crippen LogP contribution in [0.2, 0.25) is 0 Å². The number of carbonyl (C=O) groups excluding carboxylic acids is 1. The summed E-state index contributed by atoms with van der Waals surface area (Å²) >= 11 is 0. The molecule has 0 fully saturated rings. The van der Waals surface area contributed by atoms with E-state index in [1.807, 2.05) is 84.6 Å². The zero-order chi connectivity index (χ0) is 18.2. The van der Waals surface area contributed by atoms with Gasteiger partial charge in [-0.05, 0) is 29.7 Å². The molecule has 2 heteroatoms. The SMILES string of the molecule is CCN(C(=O)/C=C/c1ccccc1)C(c1ccccc1)c1ccccc1. The third-order valence-electron chi connectivity index (χ3n) is 4.38. The summed E-state index contributed by atoms with van der Waals surface area (Å²) in [5, 5.41) is 0. The zero-order valence-electron chi connectivity index (χ0n) is 15.0. The van der Waals surface area contributed by atoms with Crippen molar-refractivity contribution in [3.8, 4) is 0 Å². The van der Waals surface area contributed by atoms with E-state index in [4.69, 9.17) is 0 Å². The van der Waals surface area contributed by atoms with Crippen LogP contribution in [0.3, 0.4) is 0 Å². The van der Waals surface area contributed by atoms with Crippen molar-refractivity contribution in [2.45, 2.75) is 13.0 Å². The van der Waals surface area contributed by atoms with E-state index in [0.29, 0.717) is 6.54 Å². The number of hydrogen-bond donors (Lipinski definition) is 0. The summed E-state index contributed by atoms with van der Waals surface area (Å²) in [6.45, 7) is 2.65. The van der Waals surface area contributed by atoms with Gasteiger partial charge in [0.2, 0.25) is 5.91 Å². The first-order chi connectivity index (χ1) is 12.8. The fraction of sp³-hybridized carbons (Fsp3) is 0.125. The molecule has 0 saturated carbocycles. The van der Waals surface area contributed by atoms with E-state index in [1.54, 1.807) is 6.08 Å². The van der Waals surface area contributed by atoms with Gasteiger partial charge in [-0.15, -0.1) is 0 Å². The van der Waals surface area contributed by atoms with Crippen molar-refractivity contribution in [1.29, 1.82) is 0 Å². The monoisotopic (exact) mass is 341 g/mol. The van der Waals surface area contributed by atoms with Gasteiger partial charge in [0.05, 0.1) is 6.04 Å². The van der Waals surface area contributed by atoms with Crippen molar-refractivity contribution in [2.24, 2.45) is 0 Å². The van der Waals surface area contributed by atoms with Gasteiger partial charge in [-0.1, -0.05) is 91.0 Å². The maximum Gasteiger partial charge on any atom is 0.247 e. The van der Waals surface area contributed by atoms with E-state index >= 15 is 0 Å². The quantitative estimate of drug-likeness (QED) is 0.554. The number of hydrogen-bond acceptors (Lipinski definition) is 1. The molecule has 3 aromatic rings. The predicted octanol–water partition coefficient (Wildman–Crippen LogP) is 5.34. The lowest BCUT2D eigenvalue weighted by atomic mass is 9.97. The molecule has 2 nitrogen and oxygen atoms in total. The van der Waals surface area contributed by atoms with Gasteiger partial charge in [-0.2, -0.15) is 0 Å². The summed E-state index contributed by atoms with van der Waals surface area (Å²) in [7, 11) is 0. The van der Waals surface area contributed by atoms with Crippen LogP contribution in [0.5, 0.6) is 0 Å². The number of likely N-dealkylation sites (N-methyl/N-ethyl adjacent to an activating group) is 1. The maximum atomic E-state index is 13.0. The van der Waals surface area contributed by atoms with E-state index in [2.05, 4.69) is 24.3 Å². The molecule has 0 aliphatic carbocycles. The van der Waals surface area contributed by atoms with Gasteiger partial charge in [0.25, 0.3) is 0 Å². The lowest BCUT2D eigenvalue weighted by Gasteiger charge is -2.31. The van der Waals surface area contributed by atoms with Crippen molar-refractivity contribution < 1.29 is 4.79 Å². The Morgan fingerprint density at radius 3 is 1.73 bits per heavy atom. The molecule has 0 aromatic heterocycles. The Labute approximate surface area is 155 Å². The minimum Gasteiger partial charge on any atom is -0.328 e. The second-order valence-corrected chi connectivity index (χ2v) is 6.09. The van der Waals surface area contributed by atoms with Gasteiger partial charge in [-0.3, -0.25) is 4.79 Å². The first-order valence-corrected chi connectivity index (χ1v) is 8.93. The molecule has 1 amide bonds. The highest BCUT2D eigenvalue weighted by Crippen LogP contribution is 2.28. The normalized spacial score (nSPS) is 11.0. The number of amides is 1. The van der Waals surface area contributed by atoms with Crippen LogP contribution in [0.15, 0.2) is 97.1 Å². The van der Waals surface area contributed by atoms with Gasteiger partial charge < -0.3 is 4.90 Å². The molecular formula is C24H23NO. The minimum atomic E-state index is -0.102. The van der Waals surface area contributed by atoms with Crippen molar-refractivity contribution in [3.05, 3.63) is 114 Å². The number of nitrogens with zero attached hydrogens (tertiary/aromatic N) is 1. The zero-order valence-corrected chi connectivity index (χ0v) is 15.0. The average molecular weight is 341 g/mol. The summed E-state index contributed by atoms with van der Waals surface area (Å²) in [6.07, 6.45) is 3.54. The lowest BCUT2D eigenvalue weighted by Crippen LogP contribution is -2.34. The molecule has 0 heterocycles. The molecule has 26 heavy (non-hydrogen) atoms. The summed E-state index contributed by atoms with van der Waals surface area (Å²) in [5.74, 6) is 0.00839. The molecule has 130 valence electrons. The molecular weight excluding hydrogens is 318 g/mol. The number of rotatable bonds is 6. The molecule has 0 aliphatic heterocycles. The van der Waals surface area contributed by atoms with Gasteiger partial charge >= 0.3 is 0 Å². The van der Waals surface area contributed by atoms with E-state index in [-0.39, 0.29) is 11.9 Å². The maximum absolute atomic E-state index is 13.0. The summed E-state index contributed by atoms with van der Waals surface area (Å²) in [5.41, 5.74) is 3.25. The van der Waals surface area contributed by atoms with Crippen molar-refractivity contribution in [1.82, 2.24) is 4.90 Å². The summed E-state index contributed by atoms with van der Waals surface area (Å²) in [6, 6.07) is 30.2. The highest BCUT2D eigenvalue weighted by Gasteiger charge is 2.23. The van der Waals surface area contributed by atoms with Crippen LogP contribution in [0.1, 0.15) is 29.7 Å². The molecule has 0 aliphatic rings. The minimum absolute atomic E-state index is 0.00839. The molecule has 3 rings (SSSR count). The lowest BCUT2D eigenvalue weighted by molar-refractivity contribution is -0.127. The highest BCUT2D eigenvalue weighted by molar-refractivity contribution is 5.92. The van der Waals surface area contributed by atoms with Gasteiger partial charge in [0.1, 0.15) is 0 Å². The fourth-order valence-electron chi connectivity index (χ4n) is 3.12. The van der Waals surface area contributed by atoms with Crippen LogP contribution < -0.4 is 0 Å². The Kier molecular flexibility index (Phi) is 6.00. The molecule has 0 bridgehead atoms. The van der Waals surface area contributed by atoms with Crippen LogP contribution in [-0.4, -0.2) is 17.4 Å². The summed E-state index contributed by atoms with van der Waals surface area (Å²) < 4.78 is 0. The number of benzene rings is 3. The van der Waals surface area contributed by atoms with Gasteiger partial charge in [0, 0.05) is 12.6 Å². The van der Waals surface area contributed by atoms with Crippen molar-refractivity contribution in [2.75, 3.05) is 6.54 Å². The Balaban J connectivity index is 1.93. The molecule has 3 aromatic carbocycles. The third kappa shape index (κ3) is 4.28. The predicted molar refractivity (Wildman–Crippen MR) is 108 cm³/mol. The largest absolute Gasteiger partial charge is 0.328 e. The van der Waals surface area contributed by atoms with E-state index in [1.165, 1.54) is 0 Å². The average Bonchev–Trinajstić information content (AvgIpc) is 2.72. The first-order valence-electron chi connectivity index (χ1n) is 8.93. The van der Waals surface area contributed by atoms with Crippen LogP contribution in [-0.2, 0) is 4.79 Å². The molecule has 0 radical (unpaired) electrons. The Hall–Kier alpha value is -3.13. The highest BCUT2D eigenvalue weighted by atomic mass is 16.2. The smallest absolute Gasteiger partial charge is 0.247 e. The Morgan fingerprint density at radius 2 is 1.27 bits per heavy atom. The van der Waals surface area contributed by atoms with E-state index < -0.39 is 0 Å².